The summed E-state index contributed by atoms with van der Waals surface area (Å²) in [6.45, 7) is 4.03. The van der Waals surface area contributed by atoms with Crippen molar-refractivity contribution in [3.8, 4) is 11.5 Å². The maximum Gasteiger partial charge on any atom is 0.255 e. The smallest absolute Gasteiger partial charge is 0.255 e. The molecule has 146 valence electrons. The van der Waals surface area contributed by atoms with E-state index in [1.807, 2.05) is 29.5 Å². The summed E-state index contributed by atoms with van der Waals surface area (Å²) in [5.74, 6) is 0.675. The first-order chi connectivity index (χ1) is 13.1. The van der Waals surface area contributed by atoms with Crippen LogP contribution in [0, 0.1) is 6.92 Å². The second kappa shape index (κ2) is 9.24. The summed E-state index contributed by atoms with van der Waals surface area (Å²) in [6.07, 6.45) is 5.01. The Labute approximate surface area is 165 Å². The molecule has 2 aromatic rings. The number of carbonyl (C=O) groups excluding carboxylic acids is 1. The maximum atomic E-state index is 11.0. The lowest BCUT2D eigenvalue weighted by Gasteiger charge is -2.30. The number of hydrogen-bond acceptors (Lipinski definition) is 5. The van der Waals surface area contributed by atoms with Gasteiger partial charge in [-0.15, -0.1) is 11.3 Å². The molecular weight excluding hydrogens is 360 g/mol. The quantitative estimate of drug-likeness (QED) is 0.777. The zero-order valence-corrected chi connectivity index (χ0v) is 16.9. The van der Waals surface area contributed by atoms with Crippen LogP contribution in [0.5, 0.6) is 11.5 Å². The average molecular weight is 389 g/mol. The number of ether oxygens (including phenoxy) is 2. The van der Waals surface area contributed by atoms with Gasteiger partial charge in [-0.05, 0) is 61.0 Å². The molecule has 1 fully saturated rings. The minimum atomic E-state index is -0.500. The van der Waals surface area contributed by atoms with Gasteiger partial charge in [0, 0.05) is 17.5 Å². The summed E-state index contributed by atoms with van der Waals surface area (Å²) < 4.78 is 10.9. The Morgan fingerprint density at radius 3 is 2.81 bits per heavy atom. The van der Waals surface area contributed by atoms with Crippen molar-refractivity contribution in [2.45, 2.75) is 45.2 Å². The van der Waals surface area contributed by atoms with Gasteiger partial charge in [0.15, 0.2) is 18.1 Å². The standard InChI is InChI=1S/C21H28N2O3S/c1-15-9-11-27-21(15)17-6-4-3-5-10-23(17)13-16-7-8-18(19(12-16)25-2)26-14-20(22)24/h7-9,11-12,17H,3-6,10,13-14H2,1-2H3,(H2,22,24)/t17-/m0/s1. The van der Waals surface area contributed by atoms with E-state index in [9.17, 15) is 4.79 Å². The van der Waals surface area contributed by atoms with Crippen molar-refractivity contribution in [3.05, 3.63) is 45.6 Å². The number of likely N-dealkylation sites (tertiary alicyclic amines) is 1. The van der Waals surface area contributed by atoms with Crippen molar-refractivity contribution in [1.82, 2.24) is 4.90 Å². The number of aryl methyl sites for hydroxylation is 1. The maximum absolute atomic E-state index is 11.0. The highest BCUT2D eigenvalue weighted by atomic mass is 32.1. The van der Waals surface area contributed by atoms with E-state index in [0.717, 1.165) is 13.1 Å². The number of primary amides is 1. The molecule has 1 atom stereocenters. The molecule has 5 nitrogen and oxygen atoms in total. The number of carbonyl (C=O) groups is 1. The van der Waals surface area contributed by atoms with Gasteiger partial charge < -0.3 is 15.2 Å². The molecule has 1 aliphatic heterocycles. The second-order valence-electron chi connectivity index (χ2n) is 7.04. The molecule has 0 bridgehead atoms. The predicted molar refractivity (Wildman–Crippen MR) is 108 cm³/mol. The molecule has 0 saturated carbocycles. The fourth-order valence-corrected chi connectivity index (χ4v) is 4.79. The Morgan fingerprint density at radius 2 is 2.11 bits per heavy atom. The lowest BCUT2D eigenvalue weighted by Crippen LogP contribution is -2.28. The first-order valence-corrected chi connectivity index (χ1v) is 10.3. The highest BCUT2D eigenvalue weighted by Crippen LogP contribution is 2.37. The Hall–Kier alpha value is -2.05. The van der Waals surface area contributed by atoms with E-state index < -0.39 is 5.91 Å². The first kappa shape index (κ1) is 19.7. The molecule has 1 aromatic heterocycles. The van der Waals surface area contributed by atoms with Gasteiger partial charge in [-0.2, -0.15) is 0 Å². The molecule has 0 unspecified atom stereocenters. The molecule has 0 radical (unpaired) electrons. The molecule has 0 aliphatic carbocycles. The van der Waals surface area contributed by atoms with Crippen LogP contribution in [0.3, 0.4) is 0 Å². The summed E-state index contributed by atoms with van der Waals surface area (Å²) in [5.41, 5.74) is 7.74. The molecule has 1 aliphatic rings. The van der Waals surface area contributed by atoms with Crippen molar-refractivity contribution in [2.75, 3.05) is 20.3 Å². The summed E-state index contributed by atoms with van der Waals surface area (Å²) in [7, 11) is 1.61. The number of methoxy groups -OCH3 is 1. The van der Waals surface area contributed by atoms with Gasteiger partial charge in [0.2, 0.25) is 0 Å². The van der Waals surface area contributed by atoms with Gasteiger partial charge in [-0.3, -0.25) is 9.69 Å². The number of amides is 1. The second-order valence-corrected chi connectivity index (χ2v) is 7.99. The van der Waals surface area contributed by atoms with E-state index in [-0.39, 0.29) is 6.61 Å². The van der Waals surface area contributed by atoms with Crippen molar-refractivity contribution in [1.29, 1.82) is 0 Å². The summed E-state index contributed by atoms with van der Waals surface area (Å²) in [4.78, 5) is 15.0. The molecule has 2 heterocycles. The van der Waals surface area contributed by atoms with Crippen molar-refractivity contribution < 1.29 is 14.3 Å². The van der Waals surface area contributed by atoms with E-state index in [2.05, 4.69) is 23.3 Å². The van der Waals surface area contributed by atoms with Gasteiger partial charge >= 0.3 is 0 Å². The number of hydrogen-bond donors (Lipinski definition) is 1. The Kier molecular flexibility index (Phi) is 6.74. The van der Waals surface area contributed by atoms with E-state index in [1.54, 1.807) is 7.11 Å². The first-order valence-electron chi connectivity index (χ1n) is 9.44. The molecular formula is C21H28N2O3S. The van der Waals surface area contributed by atoms with Crippen molar-refractivity contribution in [2.24, 2.45) is 5.73 Å². The van der Waals surface area contributed by atoms with Crippen LogP contribution in [0.1, 0.15) is 47.7 Å². The summed E-state index contributed by atoms with van der Waals surface area (Å²) >= 11 is 1.87. The van der Waals surface area contributed by atoms with Gasteiger partial charge in [0.05, 0.1) is 7.11 Å². The molecule has 0 spiro atoms. The van der Waals surface area contributed by atoms with Crippen molar-refractivity contribution >= 4 is 17.2 Å². The van der Waals surface area contributed by atoms with Crippen LogP contribution in [0.15, 0.2) is 29.6 Å². The third-order valence-electron chi connectivity index (χ3n) is 5.05. The van der Waals surface area contributed by atoms with E-state index in [0.29, 0.717) is 17.5 Å². The lowest BCUT2D eigenvalue weighted by atomic mass is 10.0. The molecule has 6 heteroatoms. The van der Waals surface area contributed by atoms with Crippen LogP contribution in [0.25, 0.3) is 0 Å². The number of nitrogens with zero attached hydrogens (tertiary/aromatic N) is 1. The summed E-state index contributed by atoms with van der Waals surface area (Å²) in [5, 5.41) is 2.20. The zero-order valence-electron chi connectivity index (χ0n) is 16.1. The Morgan fingerprint density at radius 1 is 1.26 bits per heavy atom. The lowest BCUT2D eigenvalue weighted by molar-refractivity contribution is -0.119. The number of thiophene rings is 1. The number of rotatable bonds is 7. The van der Waals surface area contributed by atoms with Gasteiger partial charge in [0.1, 0.15) is 0 Å². The molecule has 2 N–H and O–H groups in total. The third-order valence-corrected chi connectivity index (χ3v) is 6.17. The number of nitrogens with two attached hydrogens (primary N) is 1. The fraction of sp³-hybridized carbons (Fsp3) is 0.476. The minimum Gasteiger partial charge on any atom is -0.493 e. The zero-order chi connectivity index (χ0) is 19.2. The van der Waals surface area contributed by atoms with Gasteiger partial charge in [-0.1, -0.05) is 18.9 Å². The van der Waals surface area contributed by atoms with Crippen LogP contribution in [-0.2, 0) is 11.3 Å². The minimum absolute atomic E-state index is 0.151. The third kappa shape index (κ3) is 5.02. The van der Waals surface area contributed by atoms with Crippen molar-refractivity contribution in [3.63, 3.8) is 0 Å². The highest BCUT2D eigenvalue weighted by Gasteiger charge is 2.25. The molecule has 3 rings (SSSR count). The topological polar surface area (TPSA) is 64.8 Å². The van der Waals surface area contributed by atoms with E-state index in [4.69, 9.17) is 15.2 Å². The molecule has 1 saturated heterocycles. The monoisotopic (exact) mass is 388 g/mol. The van der Waals surface area contributed by atoms with E-state index in [1.165, 1.54) is 41.7 Å². The highest BCUT2D eigenvalue weighted by molar-refractivity contribution is 7.10. The van der Waals surface area contributed by atoms with Gasteiger partial charge in [0.25, 0.3) is 5.91 Å². The Balaban J connectivity index is 1.79. The summed E-state index contributed by atoms with van der Waals surface area (Å²) in [6, 6.07) is 8.60. The van der Waals surface area contributed by atoms with E-state index >= 15 is 0 Å². The number of benzene rings is 1. The van der Waals surface area contributed by atoms with Crippen LogP contribution in [0.2, 0.25) is 0 Å². The SMILES string of the molecule is COc1cc(CN2CCCCC[C@H]2c2sccc2C)ccc1OCC(N)=O. The molecule has 1 aromatic carbocycles. The largest absolute Gasteiger partial charge is 0.493 e. The fourth-order valence-electron chi connectivity index (χ4n) is 3.69. The Bertz CT molecular complexity index is 775. The van der Waals surface area contributed by atoms with Crippen LogP contribution < -0.4 is 15.2 Å². The normalized spacial score (nSPS) is 18.1. The molecule has 1 amide bonds. The average Bonchev–Trinajstić information content (AvgIpc) is 2.95. The van der Waals surface area contributed by atoms with Crippen LogP contribution >= 0.6 is 11.3 Å². The van der Waals surface area contributed by atoms with Crippen LogP contribution in [-0.4, -0.2) is 31.1 Å². The molecule has 27 heavy (non-hydrogen) atoms. The van der Waals surface area contributed by atoms with Crippen LogP contribution in [0.4, 0.5) is 0 Å². The van der Waals surface area contributed by atoms with Gasteiger partial charge in [-0.25, -0.2) is 0 Å². The predicted octanol–water partition coefficient (Wildman–Crippen LogP) is 4.05.